The number of nitrogens with two attached hydrogens (primary N) is 1. The average Bonchev–Trinajstić information content (AvgIpc) is 2.90. The van der Waals surface area contributed by atoms with Gasteiger partial charge in [-0.05, 0) is 42.8 Å². The van der Waals surface area contributed by atoms with Gasteiger partial charge in [0, 0.05) is 5.02 Å². The van der Waals surface area contributed by atoms with Crippen LogP contribution in [-0.2, 0) is 0 Å². The van der Waals surface area contributed by atoms with Crippen molar-refractivity contribution in [1.82, 2.24) is 9.66 Å². The molecule has 26 heavy (non-hydrogen) atoms. The maximum absolute atomic E-state index is 12.3. The van der Waals surface area contributed by atoms with Crippen LogP contribution < -0.4 is 10.5 Å². The molecule has 0 atom stereocenters. The van der Waals surface area contributed by atoms with E-state index in [2.05, 4.69) is 10.1 Å². The molecular weight excluding hydrogens is 375 g/mol. The van der Waals surface area contributed by atoms with Crippen molar-refractivity contribution >= 4 is 41.3 Å². The van der Waals surface area contributed by atoms with E-state index >= 15 is 0 Å². The van der Waals surface area contributed by atoms with Gasteiger partial charge in [0.1, 0.15) is 5.75 Å². The summed E-state index contributed by atoms with van der Waals surface area (Å²) in [6.45, 7) is 1.82. The molecule has 0 bridgehead atoms. The summed E-state index contributed by atoms with van der Waals surface area (Å²) in [6, 6.07) is 11.5. The molecule has 2 aromatic carbocycles. The highest BCUT2D eigenvalue weighted by Gasteiger charge is 2.13. The van der Waals surface area contributed by atoms with Crippen LogP contribution in [0.25, 0.3) is 0 Å². The maximum atomic E-state index is 12.3. The quantitative estimate of drug-likeness (QED) is 0.412. The minimum atomic E-state index is -0.574. The summed E-state index contributed by atoms with van der Waals surface area (Å²) in [5, 5.41) is 4.90. The number of imidazole rings is 1. The van der Waals surface area contributed by atoms with E-state index < -0.39 is 5.97 Å². The SMILES string of the molecule is Cc1cn(N=Cc2cccc(OC(=O)c3ccc(Cl)cc3Cl)c2)c(N)n1. The zero-order valence-electron chi connectivity index (χ0n) is 13.7. The molecule has 0 saturated carbocycles. The minimum Gasteiger partial charge on any atom is -0.423 e. The standard InChI is InChI=1S/C18H14Cl2N4O2/c1-11-10-24(18(21)23-11)22-9-12-3-2-4-14(7-12)26-17(25)15-6-5-13(19)8-16(15)20/h2-10H,1H3,(H2,21,23). The van der Waals surface area contributed by atoms with E-state index in [-0.39, 0.29) is 10.6 Å². The van der Waals surface area contributed by atoms with E-state index in [0.717, 1.165) is 11.3 Å². The van der Waals surface area contributed by atoms with Crippen molar-refractivity contribution in [3.05, 3.63) is 75.5 Å². The predicted octanol–water partition coefficient (Wildman–Crippen LogP) is 4.18. The van der Waals surface area contributed by atoms with E-state index in [1.807, 2.05) is 13.0 Å². The number of esters is 1. The molecule has 2 N–H and O–H groups in total. The Morgan fingerprint density at radius 1 is 1.27 bits per heavy atom. The van der Waals surface area contributed by atoms with Crippen molar-refractivity contribution in [2.75, 3.05) is 5.73 Å². The maximum Gasteiger partial charge on any atom is 0.345 e. The van der Waals surface area contributed by atoms with Gasteiger partial charge in [-0.1, -0.05) is 35.3 Å². The molecule has 0 fully saturated rings. The molecular formula is C18H14Cl2N4O2. The molecule has 0 radical (unpaired) electrons. The topological polar surface area (TPSA) is 82.5 Å². The van der Waals surface area contributed by atoms with Crippen LogP contribution in [0.15, 0.2) is 53.8 Å². The highest BCUT2D eigenvalue weighted by molar-refractivity contribution is 6.36. The molecule has 0 spiro atoms. The first kappa shape index (κ1) is 18.0. The predicted molar refractivity (Wildman–Crippen MR) is 102 cm³/mol. The summed E-state index contributed by atoms with van der Waals surface area (Å²) in [5.41, 5.74) is 7.46. The highest BCUT2D eigenvalue weighted by Crippen LogP contribution is 2.23. The van der Waals surface area contributed by atoms with Gasteiger partial charge in [-0.3, -0.25) is 0 Å². The summed E-state index contributed by atoms with van der Waals surface area (Å²) >= 11 is 11.9. The molecule has 0 saturated heterocycles. The van der Waals surface area contributed by atoms with Crippen molar-refractivity contribution in [3.8, 4) is 5.75 Å². The molecule has 3 rings (SSSR count). The number of carbonyl (C=O) groups excluding carboxylic acids is 1. The second-order valence-electron chi connectivity index (χ2n) is 5.42. The summed E-state index contributed by atoms with van der Waals surface area (Å²) in [7, 11) is 0. The Labute approximate surface area is 159 Å². The van der Waals surface area contributed by atoms with Crippen molar-refractivity contribution in [1.29, 1.82) is 0 Å². The number of nitrogens with zero attached hydrogens (tertiary/aromatic N) is 3. The number of rotatable bonds is 4. The van der Waals surface area contributed by atoms with Gasteiger partial charge in [0.05, 0.1) is 28.7 Å². The highest BCUT2D eigenvalue weighted by atomic mass is 35.5. The van der Waals surface area contributed by atoms with E-state index in [0.29, 0.717) is 16.7 Å². The third-order valence-corrected chi connectivity index (χ3v) is 3.93. The number of aromatic nitrogens is 2. The minimum absolute atomic E-state index is 0.228. The Morgan fingerprint density at radius 3 is 2.77 bits per heavy atom. The summed E-state index contributed by atoms with van der Waals surface area (Å²) < 4.78 is 6.83. The summed E-state index contributed by atoms with van der Waals surface area (Å²) in [5.74, 6) is 0.0775. The van der Waals surface area contributed by atoms with Crippen LogP contribution in [0.2, 0.25) is 10.0 Å². The Bertz CT molecular complexity index is 999. The van der Waals surface area contributed by atoms with E-state index in [9.17, 15) is 4.79 Å². The van der Waals surface area contributed by atoms with Gasteiger partial charge in [0.15, 0.2) is 0 Å². The van der Waals surface area contributed by atoms with E-state index in [1.54, 1.807) is 36.7 Å². The molecule has 0 aliphatic heterocycles. The van der Waals surface area contributed by atoms with Crippen LogP contribution in [0.1, 0.15) is 21.6 Å². The normalized spacial score (nSPS) is 11.0. The van der Waals surface area contributed by atoms with Gasteiger partial charge < -0.3 is 10.5 Å². The van der Waals surface area contributed by atoms with Crippen LogP contribution in [-0.4, -0.2) is 21.8 Å². The van der Waals surface area contributed by atoms with Gasteiger partial charge in [-0.2, -0.15) is 5.10 Å². The molecule has 1 heterocycles. The second-order valence-corrected chi connectivity index (χ2v) is 6.26. The Hall–Kier alpha value is -2.83. The number of benzene rings is 2. The third kappa shape index (κ3) is 4.22. The second kappa shape index (κ2) is 7.59. The Kier molecular flexibility index (Phi) is 5.25. The number of nitrogen functional groups attached to an aromatic ring is 1. The Balaban J connectivity index is 1.77. The molecule has 6 nitrogen and oxygen atoms in total. The fourth-order valence-corrected chi connectivity index (χ4v) is 2.69. The number of ether oxygens (including phenoxy) is 1. The van der Waals surface area contributed by atoms with Crippen molar-refractivity contribution in [2.24, 2.45) is 5.10 Å². The first-order valence-corrected chi connectivity index (χ1v) is 8.31. The number of aryl methyl sites for hydroxylation is 1. The van der Waals surface area contributed by atoms with Crippen molar-refractivity contribution in [2.45, 2.75) is 6.92 Å². The fraction of sp³-hybridized carbons (Fsp3) is 0.0556. The van der Waals surface area contributed by atoms with E-state index in [1.165, 1.54) is 16.8 Å². The summed E-state index contributed by atoms with van der Waals surface area (Å²) in [4.78, 5) is 16.3. The van der Waals surface area contributed by atoms with E-state index in [4.69, 9.17) is 33.7 Å². The number of carbonyl (C=O) groups is 1. The smallest absolute Gasteiger partial charge is 0.345 e. The monoisotopic (exact) mass is 388 g/mol. The zero-order chi connectivity index (χ0) is 18.7. The molecule has 1 aromatic heterocycles. The number of hydrogen-bond acceptors (Lipinski definition) is 5. The van der Waals surface area contributed by atoms with Gasteiger partial charge >= 0.3 is 5.97 Å². The van der Waals surface area contributed by atoms with Crippen LogP contribution in [0.5, 0.6) is 5.75 Å². The third-order valence-electron chi connectivity index (χ3n) is 3.39. The van der Waals surface area contributed by atoms with Crippen molar-refractivity contribution in [3.63, 3.8) is 0 Å². The fourth-order valence-electron chi connectivity index (χ4n) is 2.20. The lowest BCUT2D eigenvalue weighted by Crippen LogP contribution is -2.09. The van der Waals surface area contributed by atoms with Gasteiger partial charge in [-0.25, -0.2) is 14.5 Å². The first-order valence-electron chi connectivity index (χ1n) is 7.55. The Morgan fingerprint density at radius 2 is 2.08 bits per heavy atom. The molecule has 0 amide bonds. The van der Waals surface area contributed by atoms with Crippen LogP contribution in [0, 0.1) is 6.92 Å². The van der Waals surface area contributed by atoms with Crippen LogP contribution in [0.4, 0.5) is 5.95 Å². The lowest BCUT2D eigenvalue weighted by molar-refractivity contribution is 0.0735. The zero-order valence-corrected chi connectivity index (χ0v) is 15.2. The van der Waals surface area contributed by atoms with Gasteiger partial charge in [-0.15, -0.1) is 0 Å². The van der Waals surface area contributed by atoms with Gasteiger partial charge in [0.2, 0.25) is 5.95 Å². The largest absolute Gasteiger partial charge is 0.423 e. The molecule has 3 aromatic rings. The number of hydrogen-bond donors (Lipinski definition) is 1. The number of anilines is 1. The van der Waals surface area contributed by atoms with Crippen molar-refractivity contribution < 1.29 is 9.53 Å². The van der Waals surface area contributed by atoms with Gasteiger partial charge in [0.25, 0.3) is 0 Å². The van der Waals surface area contributed by atoms with Crippen LogP contribution >= 0.6 is 23.2 Å². The molecule has 8 heteroatoms. The molecule has 0 aliphatic carbocycles. The average molecular weight is 389 g/mol. The number of halogens is 2. The van der Waals surface area contributed by atoms with Crippen LogP contribution in [0.3, 0.4) is 0 Å². The summed E-state index contributed by atoms with van der Waals surface area (Å²) in [6.07, 6.45) is 3.29. The molecule has 0 unspecified atom stereocenters. The lowest BCUT2D eigenvalue weighted by atomic mass is 10.2. The lowest BCUT2D eigenvalue weighted by Gasteiger charge is -2.06. The molecule has 132 valence electrons. The first-order chi connectivity index (χ1) is 12.4. The molecule has 0 aliphatic rings.